The molecule has 0 spiro atoms. The van der Waals surface area contributed by atoms with Gasteiger partial charge in [-0.2, -0.15) is 0 Å². The maximum absolute atomic E-state index is 13.5. The minimum absolute atomic E-state index is 0.0964. The summed E-state index contributed by atoms with van der Waals surface area (Å²) in [7, 11) is 0. The van der Waals surface area contributed by atoms with Crippen molar-refractivity contribution in [1.29, 1.82) is 0 Å². The maximum Gasteiger partial charge on any atom is 0.262 e. The summed E-state index contributed by atoms with van der Waals surface area (Å²) in [6.07, 6.45) is 3.40. The van der Waals surface area contributed by atoms with Crippen molar-refractivity contribution in [3.63, 3.8) is 0 Å². The van der Waals surface area contributed by atoms with Crippen LogP contribution in [0.3, 0.4) is 0 Å². The lowest BCUT2D eigenvalue weighted by atomic mass is 9.88. The number of benzene rings is 4. The van der Waals surface area contributed by atoms with Crippen LogP contribution in [0.2, 0.25) is 0 Å². The quantitative estimate of drug-likeness (QED) is 0.117. The molecule has 0 radical (unpaired) electrons. The second kappa shape index (κ2) is 17.8. The van der Waals surface area contributed by atoms with Gasteiger partial charge in [0.05, 0.1) is 11.1 Å². The molecule has 312 valence electrons. The average Bonchev–Trinajstić information content (AvgIpc) is 3.49. The largest absolute Gasteiger partial charge is 0.508 e. The van der Waals surface area contributed by atoms with Crippen molar-refractivity contribution in [3.05, 3.63) is 125 Å². The first-order valence-electron chi connectivity index (χ1n) is 21.5. The van der Waals surface area contributed by atoms with Gasteiger partial charge in [0, 0.05) is 50.4 Å². The van der Waals surface area contributed by atoms with Gasteiger partial charge in [-0.05, 0) is 129 Å². The fraction of sp³-hybridized carbons (Fsp3) is 0.388. The molecule has 60 heavy (non-hydrogen) atoms. The van der Waals surface area contributed by atoms with Gasteiger partial charge in [0.15, 0.2) is 0 Å². The number of piperidine rings is 2. The number of fused-ring (bicyclic) bond motifs is 1. The lowest BCUT2D eigenvalue weighted by Crippen LogP contribution is -2.58. The highest BCUT2D eigenvalue weighted by atomic mass is 16.5. The summed E-state index contributed by atoms with van der Waals surface area (Å²) in [4.78, 5) is 59.4. The van der Waals surface area contributed by atoms with Crippen LogP contribution in [0.4, 0.5) is 5.69 Å². The number of aromatic hydroxyl groups is 1. The molecule has 4 aromatic rings. The number of piperazine rings is 1. The molecule has 4 heterocycles. The first-order valence-corrected chi connectivity index (χ1v) is 21.5. The van der Waals surface area contributed by atoms with Gasteiger partial charge >= 0.3 is 0 Å². The molecule has 0 saturated carbocycles. The molecule has 11 nitrogen and oxygen atoms in total. The number of nitrogens with zero attached hydrogens (tertiary/aromatic N) is 4. The van der Waals surface area contributed by atoms with Crippen LogP contribution < -0.4 is 15.0 Å². The molecule has 8 rings (SSSR count). The van der Waals surface area contributed by atoms with Crippen LogP contribution in [0.1, 0.15) is 90.3 Å². The first kappa shape index (κ1) is 41.0. The van der Waals surface area contributed by atoms with Crippen LogP contribution in [0, 0.1) is 5.92 Å². The molecule has 4 aliphatic heterocycles. The van der Waals surface area contributed by atoms with Gasteiger partial charge < -0.3 is 14.7 Å². The standard InChI is InChI=1S/C49H55N5O6/c1-4-41(35-8-6-5-7-9-35)46(36-10-15-39(55)16-11-36)37-12-17-40(18-13-37)60-27-26-51-24-22-34(23-25-51)31-52-29-32(2)53(33(3)30-52)38-14-19-42-43(28-38)49(59)54(48(42)58)44-20-21-45(56)50-47(44)57/h5-19,28,32-34,44,55H,4,20-27,29-31H2,1-3H3,(H,50,56,57). The van der Waals surface area contributed by atoms with Crippen LogP contribution >= 0.6 is 0 Å². The number of phenols is 1. The third-order valence-corrected chi connectivity index (χ3v) is 12.7. The lowest BCUT2D eigenvalue weighted by Gasteiger charge is -2.47. The number of ether oxygens (including phenoxy) is 1. The van der Waals surface area contributed by atoms with Gasteiger partial charge in [0.25, 0.3) is 11.8 Å². The number of hydrogen-bond acceptors (Lipinski definition) is 9. The Labute approximate surface area is 352 Å². The van der Waals surface area contributed by atoms with Gasteiger partial charge in [-0.1, -0.05) is 61.5 Å². The third kappa shape index (κ3) is 8.60. The molecule has 3 saturated heterocycles. The number of imide groups is 2. The Hall–Kier alpha value is -5.78. The van der Waals surface area contributed by atoms with Crippen molar-refractivity contribution in [2.75, 3.05) is 50.8 Å². The highest BCUT2D eigenvalue weighted by molar-refractivity contribution is 6.23. The van der Waals surface area contributed by atoms with Crippen molar-refractivity contribution in [2.45, 2.75) is 71.0 Å². The average molecular weight is 810 g/mol. The van der Waals surface area contributed by atoms with E-state index in [1.807, 2.05) is 24.3 Å². The fourth-order valence-electron chi connectivity index (χ4n) is 9.79. The number of carbonyl (C=O) groups excluding carboxylic acids is 4. The molecule has 0 aromatic heterocycles. The van der Waals surface area contributed by atoms with Crippen LogP contribution in [-0.2, 0) is 9.59 Å². The van der Waals surface area contributed by atoms with E-state index in [9.17, 15) is 24.3 Å². The van der Waals surface area contributed by atoms with E-state index in [-0.39, 0.29) is 36.6 Å². The second-order valence-corrected chi connectivity index (χ2v) is 16.8. The van der Waals surface area contributed by atoms with Crippen molar-refractivity contribution in [3.8, 4) is 11.5 Å². The number of allylic oxidation sites excluding steroid dienone is 1. The second-order valence-electron chi connectivity index (χ2n) is 16.8. The first-order chi connectivity index (χ1) is 29.1. The monoisotopic (exact) mass is 809 g/mol. The predicted molar refractivity (Wildman–Crippen MR) is 233 cm³/mol. The Morgan fingerprint density at radius 1 is 0.750 bits per heavy atom. The summed E-state index contributed by atoms with van der Waals surface area (Å²) >= 11 is 0. The predicted octanol–water partition coefficient (Wildman–Crippen LogP) is 6.85. The molecule has 4 amide bonds. The lowest BCUT2D eigenvalue weighted by molar-refractivity contribution is -0.136. The molecule has 0 bridgehead atoms. The van der Waals surface area contributed by atoms with Crippen LogP contribution in [0.5, 0.6) is 11.5 Å². The van der Waals surface area contributed by atoms with Crippen molar-refractivity contribution < 1.29 is 29.0 Å². The van der Waals surface area contributed by atoms with E-state index in [0.29, 0.717) is 23.7 Å². The zero-order chi connectivity index (χ0) is 41.9. The number of anilines is 1. The number of likely N-dealkylation sites (tertiary alicyclic amines) is 1. The summed E-state index contributed by atoms with van der Waals surface area (Å²) in [5.74, 6) is -0.207. The SMILES string of the molecule is CCC(=C(c1ccc(O)cc1)c1ccc(OCCN2CCC(CN3CC(C)N(c4ccc5c(c4)C(=O)N(C4CCC(=O)NC4=O)C5=O)C(C)C3)CC2)cc1)c1ccccc1. The van der Waals surface area contributed by atoms with E-state index in [1.54, 1.807) is 24.3 Å². The molecular weight excluding hydrogens is 755 g/mol. The van der Waals surface area contributed by atoms with Crippen molar-refractivity contribution in [1.82, 2.24) is 20.0 Å². The zero-order valence-electron chi connectivity index (χ0n) is 34.8. The Morgan fingerprint density at radius 2 is 1.40 bits per heavy atom. The van der Waals surface area contributed by atoms with Crippen LogP contribution in [-0.4, -0.2) is 107 Å². The Balaban J connectivity index is 0.814. The van der Waals surface area contributed by atoms with E-state index in [1.165, 1.54) is 11.1 Å². The van der Waals surface area contributed by atoms with Gasteiger partial charge in [-0.25, -0.2) is 0 Å². The molecule has 4 aliphatic rings. The number of hydrogen-bond donors (Lipinski definition) is 2. The van der Waals surface area contributed by atoms with E-state index < -0.39 is 23.8 Å². The molecule has 3 atom stereocenters. The normalized spacial score (nSPS) is 22.1. The number of amides is 4. The highest BCUT2D eigenvalue weighted by Crippen LogP contribution is 2.37. The van der Waals surface area contributed by atoms with Gasteiger partial charge in [-0.3, -0.25) is 39.2 Å². The smallest absolute Gasteiger partial charge is 0.262 e. The molecule has 0 aliphatic carbocycles. The van der Waals surface area contributed by atoms with Crippen molar-refractivity contribution in [2.24, 2.45) is 5.92 Å². The molecule has 3 unspecified atom stereocenters. The summed E-state index contributed by atoms with van der Waals surface area (Å²) < 4.78 is 6.26. The summed E-state index contributed by atoms with van der Waals surface area (Å²) in [6.45, 7) is 13.1. The molecule has 3 fully saturated rings. The van der Waals surface area contributed by atoms with Crippen molar-refractivity contribution >= 4 is 40.5 Å². The van der Waals surface area contributed by atoms with Gasteiger partial charge in [0.2, 0.25) is 11.8 Å². The molecule has 4 aromatic carbocycles. The summed E-state index contributed by atoms with van der Waals surface area (Å²) in [5.41, 5.74) is 7.29. The fourth-order valence-corrected chi connectivity index (χ4v) is 9.79. The highest BCUT2D eigenvalue weighted by Gasteiger charge is 2.45. The third-order valence-electron chi connectivity index (χ3n) is 12.7. The molecule has 11 heteroatoms. The molecule has 2 N–H and O–H groups in total. The topological polar surface area (TPSA) is 123 Å². The number of rotatable bonds is 12. The maximum atomic E-state index is 13.5. The molecular formula is C49H55N5O6. The Bertz CT molecular complexity index is 2240. The van der Waals surface area contributed by atoms with E-state index in [4.69, 9.17) is 4.74 Å². The van der Waals surface area contributed by atoms with E-state index in [0.717, 1.165) is 91.6 Å². The van der Waals surface area contributed by atoms with Gasteiger partial charge in [-0.15, -0.1) is 0 Å². The number of phenolic OH excluding ortho intramolecular Hbond substituents is 1. The minimum Gasteiger partial charge on any atom is -0.508 e. The number of carbonyl (C=O) groups is 4. The minimum atomic E-state index is -0.972. The van der Waals surface area contributed by atoms with Crippen LogP contribution in [0.25, 0.3) is 11.1 Å². The Morgan fingerprint density at radius 3 is 2.05 bits per heavy atom. The van der Waals surface area contributed by atoms with Gasteiger partial charge in [0.1, 0.15) is 24.1 Å². The Kier molecular flexibility index (Phi) is 12.2. The zero-order valence-corrected chi connectivity index (χ0v) is 34.8. The summed E-state index contributed by atoms with van der Waals surface area (Å²) in [6, 6.07) is 31.2. The van der Waals surface area contributed by atoms with E-state index in [2.05, 4.69) is 89.3 Å². The number of nitrogens with one attached hydrogen (secondary N) is 1. The summed E-state index contributed by atoms with van der Waals surface area (Å²) in [5, 5.41) is 12.2. The van der Waals surface area contributed by atoms with Crippen LogP contribution in [0.15, 0.2) is 97.1 Å². The van der Waals surface area contributed by atoms with E-state index >= 15 is 0 Å².